The Morgan fingerprint density at radius 1 is 0.957 bits per heavy atom. The third-order valence-electron chi connectivity index (χ3n) is 3.21. The summed E-state index contributed by atoms with van der Waals surface area (Å²) in [6.45, 7) is 2.23. The summed E-state index contributed by atoms with van der Waals surface area (Å²) >= 11 is 11.9. The van der Waals surface area contributed by atoms with E-state index in [4.69, 9.17) is 23.2 Å². The number of benzene rings is 2. The van der Waals surface area contributed by atoms with Gasteiger partial charge in [0.25, 0.3) is 5.91 Å². The largest absolute Gasteiger partial charge is 0.352 e. The van der Waals surface area contributed by atoms with Gasteiger partial charge in [-0.25, -0.2) is 0 Å². The number of nitrogens with one attached hydrogen (secondary N) is 2. The maximum atomic E-state index is 12.1. The normalized spacial score (nSPS) is 10.2. The van der Waals surface area contributed by atoms with E-state index in [1.165, 1.54) is 6.92 Å². The summed E-state index contributed by atoms with van der Waals surface area (Å²) < 4.78 is 0. The van der Waals surface area contributed by atoms with E-state index in [0.717, 1.165) is 11.1 Å². The monoisotopic (exact) mass is 350 g/mol. The van der Waals surface area contributed by atoms with Crippen LogP contribution in [0, 0.1) is 0 Å². The first-order valence-corrected chi connectivity index (χ1v) is 7.77. The van der Waals surface area contributed by atoms with Crippen molar-refractivity contribution in [1.29, 1.82) is 0 Å². The van der Waals surface area contributed by atoms with Crippen LogP contribution in [0.4, 0.5) is 0 Å². The Bertz CT molecular complexity index is 715. The van der Waals surface area contributed by atoms with Gasteiger partial charge in [-0.3, -0.25) is 9.59 Å². The highest BCUT2D eigenvalue weighted by molar-refractivity contribution is 6.35. The van der Waals surface area contributed by atoms with Gasteiger partial charge in [0.1, 0.15) is 0 Å². The molecule has 0 aliphatic heterocycles. The minimum atomic E-state index is -0.193. The molecule has 0 spiro atoms. The van der Waals surface area contributed by atoms with Crippen LogP contribution in [-0.2, 0) is 17.9 Å². The van der Waals surface area contributed by atoms with Crippen molar-refractivity contribution in [2.45, 2.75) is 20.0 Å². The molecule has 0 aliphatic rings. The van der Waals surface area contributed by atoms with Gasteiger partial charge in [0.15, 0.2) is 0 Å². The number of amides is 2. The molecule has 2 rings (SSSR count). The van der Waals surface area contributed by atoms with E-state index < -0.39 is 0 Å². The van der Waals surface area contributed by atoms with Crippen LogP contribution in [0.25, 0.3) is 0 Å². The predicted octanol–water partition coefficient (Wildman–Crippen LogP) is 3.56. The molecule has 2 aromatic rings. The van der Waals surface area contributed by atoms with Crippen molar-refractivity contribution in [3.8, 4) is 0 Å². The third kappa shape index (κ3) is 5.27. The Morgan fingerprint density at radius 2 is 1.65 bits per heavy atom. The van der Waals surface area contributed by atoms with Crippen LogP contribution in [0.3, 0.4) is 0 Å². The lowest BCUT2D eigenvalue weighted by molar-refractivity contribution is -0.119. The van der Waals surface area contributed by atoms with Gasteiger partial charge in [-0.2, -0.15) is 0 Å². The molecule has 2 N–H and O–H groups in total. The lowest BCUT2D eigenvalue weighted by Crippen LogP contribution is -2.23. The fourth-order valence-electron chi connectivity index (χ4n) is 1.94. The van der Waals surface area contributed by atoms with Crippen molar-refractivity contribution >= 4 is 35.0 Å². The minimum Gasteiger partial charge on any atom is -0.352 e. The number of hydrogen-bond acceptors (Lipinski definition) is 2. The van der Waals surface area contributed by atoms with Crippen LogP contribution in [0.15, 0.2) is 42.5 Å². The highest BCUT2D eigenvalue weighted by Crippen LogP contribution is 2.20. The lowest BCUT2D eigenvalue weighted by Gasteiger charge is -2.08. The summed E-state index contributed by atoms with van der Waals surface area (Å²) in [5.74, 6) is -0.284. The first-order valence-electron chi connectivity index (χ1n) is 7.01. The molecular formula is C17H16Cl2N2O2. The molecule has 0 aromatic heterocycles. The minimum absolute atomic E-state index is 0.0911. The van der Waals surface area contributed by atoms with Crippen molar-refractivity contribution < 1.29 is 9.59 Å². The zero-order valence-corrected chi connectivity index (χ0v) is 14.0. The van der Waals surface area contributed by atoms with Crippen molar-refractivity contribution in [1.82, 2.24) is 10.6 Å². The SMILES string of the molecule is CC(=O)NCc1ccc(C(=O)NCc2ccc(Cl)cc2Cl)cc1. The maximum Gasteiger partial charge on any atom is 0.251 e. The highest BCUT2D eigenvalue weighted by atomic mass is 35.5. The van der Waals surface area contributed by atoms with Gasteiger partial charge >= 0.3 is 0 Å². The molecule has 23 heavy (non-hydrogen) atoms. The molecule has 0 saturated carbocycles. The summed E-state index contributed by atoms with van der Waals surface area (Å²) in [6.07, 6.45) is 0. The second kappa shape index (κ2) is 7.99. The first kappa shape index (κ1) is 17.3. The van der Waals surface area contributed by atoms with Gasteiger partial charge in [0.2, 0.25) is 5.91 Å². The van der Waals surface area contributed by atoms with Gasteiger partial charge < -0.3 is 10.6 Å². The number of hydrogen-bond donors (Lipinski definition) is 2. The van der Waals surface area contributed by atoms with Gasteiger partial charge in [-0.05, 0) is 35.4 Å². The zero-order valence-electron chi connectivity index (χ0n) is 12.5. The smallest absolute Gasteiger partial charge is 0.251 e. The Morgan fingerprint density at radius 3 is 2.26 bits per heavy atom. The van der Waals surface area contributed by atoms with Crippen molar-refractivity contribution in [2.24, 2.45) is 0 Å². The molecule has 0 unspecified atom stereocenters. The lowest BCUT2D eigenvalue weighted by atomic mass is 10.1. The van der Waals surface area contributed by atoms with E-state index in [0.29, 0.717) is 28.7 Å². The number of carbonyl (C=O) groups is 2. The standard InChI is InChI=1S/C17H16Cl2N2O2/c1-11(22)20-9-12-2-4-13(5-3-12)17(23)21-10-14-6-7-15(18)8-16(14)19/h2-8H,9-10H2,1H3,(H,20,22)(H,21,23). The van der Waals surface area contributed by atoms with Crippen LogP contribution < -0.4 is 10.6 Å². The molecular weight excluding hydrogens is 335 g/mol. The van der Waals surface area contributed by atoms with Gasteiger partial charge in [-0.15, -0.1) is 0 Å². The topological polar surface area (TPSA) is 58.2 Å². The van der Waals surface area contributed by atoms with Gasteiger partial charge in [0, 0.05) is 35.6 Å². The molecule has 0 aliphatic carbocycles. The van der Waals surface area contributed by atoms with E-state index in [2.05, 4.69) is 10.6 Å². The quantitative estimate of drug-likeness (QED) is 0.865. The molecule has 0 bridgehead atoms. The number of halogens is 2. The molecule has 0 saturated heterocycles. The summed E-state index contributed by atoms with van der Waals surface area (Å²) in [6, 6.07) is 12.2. The molecule has 120 valence electrons. The Hall–Kier alpha value is -2.04. The molecule has 4 nitrogen and oxygen atoms in total. The fourth-order valence-corrected chi connectivity index (χ4v) is 2.42. The second-order valence-electron chi connectivity index (χ2n) is 5.03. The number of rotatable bonds is 5. The van der Waals surface area contributed by atoms with Crippen LogP contribution >= 0.6 is 23.2 Å². The Kier molecular flexibility index (Phi) is 6.02. The maximum absolute atomic E-state index is 12.1. The summed E-state index contributed by atoms with van der Waals surface area (Å²) in [5, 5.41) is 6.58. The van der Waals surface area contributed by atoms with Gasteiger partial charge in [-0.1, -0.05) is 41.4 Å². The Labute approximate surface area is 144 Å². The van der Waals surface area contributed by atoms with E-state index in [9.17, 15) is 9.59 Å². The van der Waals surface area contributed by atoms with Crippen LogP contribution in [0.1, 0.15) is 28.4 Å². The van der Waals surface area contributed by atoms with E-state index >= 15 is 0 Å². The predicted molar refractivity (Wildman–Crippen MR) is 91.6 cm³/mol. The average molecular weight is 351 g/mol. The summed E-state index contributed by atoms with van der Waals surface area (Å²) in [7, 11) is 0. The summed E-state index contributed by atoms with van der Waals surface area (Å²) in [4.78, 5) is 23.0. The van der Waals surface area contributed by atoms with Crippen LogP contribution in [0.5, 0.6) is 0 Å². The molecule has 2 aromatic carbocycles. The molecule has 0 heterocycles. The van der Waals surface area contributed by atoms with E-state index in [1.54, 1.807) is 42.5 Å². The van der Waals surface area contributed by atoms with Crippen LogP contribution in [0.2, 0.25) is 10.0 Å². The molecule has 0 fully saturated rings. The molecule has 0 atom stereocenters. The number of carbonyl (C=O) groups excluding carboxylic acids is 2. The first-order chi connectivity index (χ1) is 11.0. The average Bonchev–Trinajstić information content (AvgIpc) is 2.52. The van der Waals surface area contributed by atoms with E-state index in [1.807, 2.05) is 0 Å². The second-order valence-corrected chi connectivity index (χ2v) is 5.87. The highest BCUT2D eigenvalue weighted by Gasteiger charge is 2.07. The fraction of sp³-hybridized carbons (Fsp3) is 0.176. The Balaban J connectivity index is 1.94. The molecule has 2 amide bonds. The summed E-state index contributed by atoms with van der Waals surface area (Å²) in [5.41, 5.74) is 2.27. The molecule has 6 heteroatoms. The van der Waals surface area contributed by atoms with Crippen LogP contribution in [-0.4, -0.2) is 11.8 Å². The van der Waals surface area contributed by atoms with E-state index in [-0.39, 0.29) is 11.8 Å². The van der Waals surface area contributed by atoms with Crippen molar-refractivity contribution in [2.75, 3.05) is 0 Å². The van der Waals surface area contributed by atoms with Crippen molar-refractivity contribution in [3.63, 3.8) is 0 Å². The zero-order chi connectivity index (χ0) is 16.8. The molecule has 0 radical (unpaired) electrons. The van der Waals surface area contributed by atoms with Crippen molar-refractivity contribution in [3.05, 3.63) is 69.2 Å². The van der Waals surface area contributed by atoms with Gasteiger partial charge in [0.05, 0.1) is 0 Å². The third-order valence-corrected chi connectivity index (χ3v) is 3.80.